The molecule has 0 atom stereocenters. The summed E-state index contributed by atoms with van der Waals surface area (Å²) in [5.41, 5.74) is 2.81. The van der Waals surface area contributed by atoms with Crippen LogP contribution in [0.25, 0.3) is 10.8 Å². The standard InChI is InChI=1S/C33H41ClF2/c1-2-3-4-5-6-7-24-8-10-25(11-9-24)12-13-26-15-20-30-29(22-26)19-18-28(33(30)36)17-14-27-16-21-31(34)32(35)23-27/h15-16,18-25H,2-14,17H2,1H3. The average Bonchev–Trinajstić information content (AvgIpc) is 2.89. The molecule has 3 heteroatoms. The Morgan fingerprint density at radius 1 is 0.722 bits per heavy atom. The Morgan fingerprint density at radius 2 is 1.42 bits per heavy atom. The summed E-state index contributed by atoms with van der Waals surface area (Å²) in [4.78, 5) is 0. The smallest absolute Gasteiger partial charge is 0.142 e. The van der Waals surface area contributed by atoms with E-state index in [1.807, 2.05) is 18.2 Å². The van der Waals surface area contributed by atoms with Crippen LogP contribution in [0.1, 0.15) is 94.2 Å². The Balaban J connectivity index is 1.26. The number of hydrogen-bond donors (Lipinski definition) is 0. The molecule has 3 aromatic carbocycles. The number of benzene rings is 3. The van der Waals surface area contributed by atoms with Gasteiger partial charge in [-0.1, -0.05) is 119 Å². The summed E-state index contributed by atoms with van der Waals surface area (Å²) < 4.78 is 28.9. The van der Waals surface area contributed by atoms with E-state index in [9.17, 15) is 4.39 Å². The average molecular weight is 511 g/mol. The van der Waals surface area contributed by atoms with Crippen molar-refractivity contribution in [2.75, 3.05) is 0 Å². The van der Waals surface area contributed by atoms with Gasteiger partial charge in [-0.05, 0) is 71.7 Å². The monoisotopic (exact) mass is 510 g/mol. The van der Waals surface area contributed by atoms with Crippen LogP contribution in [-0.4, -0.2) is 0 Å². The molecule has 1 saturated carbocycles. The molecule has 194 valence electrons. The highest BCUT2D eigenvalue weighted by Crippen LogP contribution is 2.35. The summed E-state index contributed by atoms with van der Waals surface area (Å²) in [6.07, 6.45) is 17.4. The van der Waals surface area contributed by atoms with Crippen LogP contribution in [0, 0.1) is 23.5 Å². The highest BCUT2D eigenvalue weighted by Gasteiger charge is 2.20. The van der Waals surface area contributed by atoms with Crippen molar-refractivity contribution in [3.63, 3.8) is 0 Å². The number of rotatable bonds is 12. The van der Waals surface area contributed by atoms with E-state index in [1.165, 1.54) is 82.3 Å². The van der Waals surface area contributed by atoms with E-state index >= 15 is 4.39 Å². The lowest BCUT2D eigenvalue weighted by atomic mass is 9.77. The van der Waals surface area contributed by atoms with Crippen LogP contribution < -0.4 is 0 Å². The molecule has 0 aromatic heterocycles. The fourth-order valence-corrected chi connectivity index (χ4v) is 6.04. The molecule has 0 spiro atoms. The van der Waals surface area contributed by atoms with Crippen LogP contribution in [0.4, 0.5) is 8.78 Å². The molecule has 0 aliphatic heterocycles. The fraction of sp³-hybridized carbons (Fsp3) is 0.515. The number of fused-ring (bicyclic) bond motifs is 1. The molecule has 36 heavy (non-hydrogen) atoms. The van der Waals surface area contributed by atoms with E-state index in [2.05, 4.69) is 19.1 Å². The Hall–Kier alpha value is -1.93. The van der Waals surface area contributed by atoms with E-state index in [4.69, 9.17) is 11.6 Å². The lowest BCUT2D eigenvalue weighted by molar-refractivity contribution is 0.249. The van der Waals surface area contributed by atoms with Gasteiger partial charge < -0.3 is 0 Å². The second-order valence-corrected chi connectivity index (χ2v) is 11.4. The van der Waals surface area contributed by atoms with E-state index < -0.39 is 5.82 Å². The van der Waals surface area contributed by atoms with Gasteiger partial charge in [0.15, 0.2) is 0 Å². The molecule has 0 radical (unpaired) electrons. The van der Waals surface area contributed by atoms with E-state index in [-0.39, 0.29) is 10.8 Å². The van der Waals surface area contributed by atoms with Gasteiger partial charge in [-0.15, -0.1) is 0 Å². The maximum atomic E-state index is 15.2. The molecule has 4 rings (SSSR count). The number of aryl methyl sites for hydroxylation is 3. The van der Waals surface area contributed by atoms with Crippen molar-refractivity contribution in [2.24, 2.45) is 11.8 Å². The third-order valence-electron chi connectivity index (χ3n) is 8.29. The minimum absolute atomic E-state index is 0.118. The second-order valence-electron chi connectivity index (χ2n) is 11.0. The zero-order valence-corrected chi connectivity index (χ0v) is 22.6. The van der Waals surface area contributed by atoms with E-state index in [1.54, 1.807) is 12.1 Å². The first-order chi connectivity index (χ1) is 17.5. The molecule has 1 fully saturated rings. The summed E-state index contributed by atoms with van der Waals surface area (Å²) in [6.45, 7) is 2.28. The first-order valence-electron chi connectivity index (χ1n) is 14.2. The van der Waals surface area contributed by atoms with Gasteiger partial charge in [0.1, 0.15) is 11.6 Å². The van der Waals surface area contributed by atoms with Crippen molar-refractivity contribution in [3.8, 4) is 0 Å². The van der Waals surface area contributed by atoms with E-state index in [0.717, 1.165) is 29.2 Å². The van der Waals surface area contributed by atoms with Crippen LogP contribution in [0.3, 0.4) is 0 Å². The maximum absolute atomic E-state index is 15.2. The summed E-state index contributed by atoms with van der Waals surface area (Å²) >= 11 is 5.77. The van der Waals surface area contributed by atoms with Crippen molar-refractivity contribution in [2.45, 2.75) is 96.8 Å². The Labute approximate surface area is 221 Å². The lowest BCUT2D eigenvalue weighted by Crippen LogP contribution is -2.15. The summed E-state index contributed by atoms with van der Waals surface area (Å²) in [5, 5.41) is 1.77. The molecular weight excluding hydrogens is 470 g/mol. The predicted octanol–water partition coefficient (Wildman–Crippen LogP) is 10.7. The van der Waals surface area contributed by atoms with Crippen molar-refractivity contribution in [1.82, 2.24) is 0 Å². The van der Waals surface area contributed by atoms with Gasteiger partial charge in [-0.3, -0.25) is 0 Å². The van der Waals surface area contributed by atoms with Crippen molar-refractivity contribution < 1.29 is 8.78 Å². The minimum atomic E-state index is -0.425. The summed E-state index contributed by atoms with van der Waals surface area (Å²) in [7, 11) is 0. The largest absolute Gasteiger partial charge is 0.206 e. The third-order valence-corrected chi connectivity index (χ3v) is 8.60. The highest BCUT2D eigenvalue weighted by atomic mass is 35.5. The third kappa shape index (κ3) is 7.54. The summed E-state index contributed by atoms with van der Waals surface area (Å²) in [6, 6.07) is 14.9. The van der Waals surface area contributed by atoms with Gasteiger partial charge in [-0.25, -0.2) is 8.78 Å². The van der Waals surface area contributed by atoms with Gasteiger partial charge in [0, 0.05) is 5.39 Å². The molecule has 0 bridgehead atoms. The van der Waals surface area contributed by atoms with Crippen LogP contribution in [0.5, 0.6) is 0 Å². The van der Waals surface area contributed by atoms with Crippen LogP contribution >= 0.6 is 11.6 Å². The normalized spacial score (nSPS) is 18.1. The quantitative estimate of drug-likeness (QED) is 0.212. The topological polar surface area (TPSA) is 0 Å². The maximum Gasteiger partial charge on any atom is 0.142 e. The number of halogens is 3. The molecule has 0 amide bonds. The first kappa shape index (κ1) is 27.1. The highest BCUT2D eigenvalue weighted by molar-refractivity contribution is 6.30. The molecule has 1 aliphatic rings. The van der Waals surface area contributed by atoms with Gasteiger partial charge in [0.25, 0.3) is 0 Å². The first-order valence-corrected chi connectivity index (χ1v) is 14.5. The molecular formula is C33H41ClF2. The van der Waals surface area contributed by atoms with Gasteiger partial charge >= 0.3 is 0 Å². The van der Waals surface area contributed by atoms with Crippen molar-refractivity contribution >= 4 is 22.4 Å². The Kier molecular flexibility index (Phi) is 10.2. The van der Waals surface area contributed by atoms with Gasteiger partial charge in [0.05, 0.1) is 5.02 Å². The molecule has 1 aliphatic carbocycles. The van der Waals surface area contributed by atoms with Gasteiger partial charge in [0.2, 0.25) is 0 Å². The Bertz CT molecular complexity index is 1110. The molecule has 3 aromatic rings. The van der Waals surface area contributed by atoms with Crippen molar-refractivity contribution in [3.05, 3.63) is 81.9 Å². The molecule has 0 unspecified atom stereocenters. The fourth-order valence-electron chi connectivity index (χ4n) is 5.93. The zero-order chi connectivity index (χ0) is 25.3. The summed E-state index contributed by atoms with van der Waals surface area (Å²) in [5.74, 6) is 1.22. The molecule has 0 nitrogen and oxygen atoms in total. The second kappa shape index (κ2) is 13.6. The zero-order valence-electron chi connectivity index (χ0n) is 21.8. The number of unbranched alkanes of at least 4 members (excludes halogenated alkanes) is 4. The van der Waals surface area contributed by atoms with Gasteiger partial charge in [-0.2, -0.15) is 0 Å². The molecule has 0 saturated heterocycles. The molecule has 0 heterocycles. The molecule has 0 N–H and O–H groups in total. The Morgan fingerprint density at radius 3 is 2.17 bits per heavy atom. The van der Waals surface area contributed by atoms with Crippen LogP contribution in [-0.2, 0) is 19.3 Å². The predicted molar refractivity (Wildman–Crippen MR) is 150 cm³/mol. The van der Waals surface area contributed by atoms with Crippen LogP contribution in [0.2, 0.25) is 5.02 Å². The SMILES string of the molecule is CCCCCCCC1CCC(CCc2ccc3c(F)c(CCc4ccc(Cl)c(F)c4)ccc3c2)CC1. The van der Waals surface area contributed by atoms with Crippen molar-refractivity contribution in [1.29, 1.82) is 0 Å². The minimum Gasteiger partial charge on any atom is -0.206 e. The number of hydrogen-bond acceptors (Lipinski definition) is 0. The van der Waals surface area contributed by atoms with Crippen LogP contribution in [0.15, 0.2) is 48.5 Å². The lowest BCUT2D eigenvalue weighted by Gasteiger charge is -2.28. The van der Waals surface area contributed by atoms with E-state index in [0.29, 0.717) is 23.8 Å².